The zero-order valence-electron chi connectivity index (χ0n) is 11.3. The van der Waals surface area contributed by atoms with Gasteiger partial charge in [0.2, 0.25) is 0 Å². The molecule has 1 rings (SSSR count). The lowest BCUT2D eigenvalue weighted by atomic mass is 10.2. The van der Waals surface area contributed by atoms with Crippen molar-refractivity contribution in [2.45, 2.75) is 6.42 Å². The Morgan fingerprint density at radius 2 is 1.95 bits per heavy atom. The van der Waals surface area contributed by atoms with Gasteiger partial charge in [-0.05, 0) is 18.2 Å². The third-order valence-electron chi connectivity index (χ3n) is 2.39. The summed E-state index contributed by atoms with van der Waals surface area (Å²) in [5.74, 6) is 0. The van der Waals surface area contributed by atoms with Crippen molar-refractivity contribution in [3.05, 3.63) is 35.9 Å². The van der Waals surface area contributed by atoms with Crippen LogP contribution in [0.3, 0.4) is 0 Å². The van der Waals surface area contributed by atoms with Crippen LogP contribution in [0.15, 0.2) is 35.3 Å². The Morgan fingerprint density at radius 3 is 2.47 bits per heavy atom. The molecule has 0 amide bonds. The van der Waals surface area contributed by atoms with Crippen molar-refractivity contribution in [3.8, 4) is 0 Å². The second kappa shape index (κ2) is 7.52. The first kappa shape index (κ1) is 16.0. The number of nitrogens with one attached hydrogen (secondary N) is 1. The molecule has 0 saturated heterocycles. The van der Waals surface area contributed by atoms with E-state index in [1.54, 1.807) is 6.26 Å². The minimum atomic E-state index is -3.47. The van der Waals surface area contributed by atoms with Crippen LogP contribution in [-0.2, 0) is 16.6 Å². The molecule has 0 bridgehead atoms. The summed E-state index contributed by atoms with van der Waals surface area (Å²) in [7, 11) is -0.520. The molecule has 0 atom stereocenters. The SMILES string of the molecule is CSC(=NCCc1ccccc1)NS(=O)(=O)N(C)C. The molecule has 0 aliphatic carbocycles. The van der Waals surface area contributed by atoms with E-state index in [0.717, 1.165) is 10.7 Å². The maximum Gasteiger partial charge on any atom is 0.302 e. The molecule has 0 spiro atoms. The number of amidine groups is 1. The van der Waals surface area contributed by atoms with E-state index in [1.807, 2.05) is 30.3 Å². The van der Waals surface area contributed by atoms with E-state index in [2.05, 4.69) is 9.71 Å². The van der Waals surface area contributed by atoms with Crippen molar-refractivity contribution in [2.24, 2.45) is 4.99 Å². The fourth-order valence-electron chi connectivity index (χ4n) is 1.27. The zero-order chi connectivity index (χ0) is 14.3. The lowest BCUT2D eigenvalue weighted by Crippen LogP contribution is -2.38. The minimum absolute atomic E-state index is 0.407. The van der Waals surface area contributed by atoms with E-state index < -0.39 is 10.2 Å². The Bertz CT molecular complexity index is 513. The summed E-state index contributed by atoms with van der Waals surface area (Å²) >= 11 is 1.28. The normalized spacial score (nSPS) is 12.7. The summed E-state index contributed by atoms with van der Waals surface area (Å²) in [6, 6.07) is 9.97. The highest BCUT2D eigenvalue weighted by Gasteiger charge is 2.14. The van der Waals surface area contributed by atoms with Crippen LogP contribution in [0.2, 0.25) is 0 Å². The van der Waals surface area contributed by atoms with E-state index >= 15 is 0 Å². The van der Waals surface area contributed by atoms with Gasteiger partial charge in [-0.25, -0.2) is 4.72 Å². The van der Waals surface area contributed by atoms with E-state index in [1.165, 1.54) is 31.4 Å². The lowest BCUT2D eigenvalue weighted by molar-refractivity contribution is 0.516. The van der Waals surface area contributed by atoms with Gasteiger partial charge in [-0.1, -0.05) is 42.1 Å². The van der Waals surface area contributed by atoms with Gasteiger partial charge >= 0.3 is 10.2 Å². The van der Waals surface area contributed by atoms with Crippen molar-refractivity contribution < 1.29 is 8.42 Å². The van der Waals surface area contributed by atoms with Gasteiger partial charge < -0.3 is 0 Å². The number of benzene rings is 1. The Hall–Kier alpha value is -1.05. The zero-order valence-corrected chi connectivity index (χ0v) is 13.0. The summed E-state index contributed by atoms with van der Waals surface area (Å²) in [6.07, 6.45) is 2.58. The van der Waals surface area contributed by atoms with Gasteiger partial charge in [0.25, 0.3) is 0 Å². The first-order chi connectivity index (χ1) is 8.95. The fourth-order valence-corrected chi connectivity index (χ4v) is 2.61. The maximum absolute atomic E-state index is 11.7. The molecule has 0 aliphatic rings. The van der Waals surface area contributed by atoms with Crippen LogP contribution in [0.1, 0.15) is 5.56 Å². The van der Waals surface area contributed by atoms with Gasteiger partial charge in [-0.2, -0.15) is 12.7 Å². The molecule has 7 heteroatoms. The Balaban J connectivity index is 2.58. The first-order valence-electron chi connectivity index (χ1n) is 5.78. The average Bonchev–Trinajstić information content (AvgIpc) is 2.38. The molecule has 0 radical (unpaired) electrons. The topological polar surface area (TPSA) is 61.8 Å². The Morgan fingerprint density at radius 1 is 1.32 bits per heavy atom. The molecule has 1 N–H and O–H groups in total. The maximum atomic E-state index is 11.7. The highest BCUT2D eigenvalue weighted by molar-refractivity contribution is 8.14. The van der Waals surface area contributed by atoms with Crippen LogP contribution in [0.5, 0.6) is 0 Å². The monoisotopic (exact) mass is 301 g/mol. The highest BCUT2D eigenvalue weighted by Crippen LogP contribution is 2.03. The third-order valence-corrected chi connectivity index (χ3v) is 4.55. The highest BCUT2D eigenvalue weighted by atomic mass is 32.2. The van der Waals surface area contributed by atoms with Gasteiger partial charge in [0.15, 0.2) is 5.17 Å². The molecule has 106 valence electrons. The Kier molecular flexibility index (Phi) is 6.33. The summed E-state index contributed by atoms with van der Waals surface area (Å²) in [6.45, 7) is 0.552. The molecular formula is C12H19N3O2S2. The van der Waals surface area contributed by atoms with Gasteiger partial charge in [0.1, 0.15) is 0 Å². The van der Waals surface area contributed by atoms with Gasteiger partial charge in [0, 0.05) is 20.6 Å². The fraction of sp³-hybridized carbons (Fsp3) is 0.417. The summed E-state index contributed by atoms with van der Waals surface area (Å²) in [5, 5.41) is 0.407. The van der Waals surface area contributed by atoms with E-state index in [0.29, 0.717) is 11.7 Å². The molecule has 0 unspecified atom stereocenters. The number of nitrogens with zero attached hydrogens (tertiary/aromatic N) is 2. The van der Waals surface area contributed by atoms with Crippen molar-refractivity contribution >= 4 is 27.1 Å². The van der Waals surface area contributed by atoms with Crippen LogP contribution in [0.25, 0.3) is 0 Å². The molecule has 5 nitrogen and oxygen atoms in total. The quantitative estimate of drug-likeness (QED) is 0.659. The number of rotatable bonds is 5. The second-order valence-electron chi connectivity index (χ2n) is 4.02. The number of hydrogen-bond donors (Lipinski definition) is 1. The van der Waals surface area contributed by atoms with Crippen molar-refractivity contribution in [3.63, 3.8) is 0 Å². The Labute approximate surface area is 119 Å². The van der Waals surface area contributed by atoms with Crippen LogP contribution in [0.4, 0.5) is 0 Å². The summed E-state index contributed by atoms with van der Waals surface area (Å²) in [4.78, 5) is 4.27. The second-order valence-corrected chi connectivity index (χ2v) is 6.70. The number of thioether (sulfide) groups is 1. The van der Waals surface area contributed by atoms with Gasteiger partial charge in [-0.3, -0.25) is 4.99 Å². The third kappa shape index (κ3) is 5.63. The molecule has 0 aromatic heterocycles. The van der Waals surface area contributed by atoms with Crippen molar-refractivity contribution in [1.82, 2.24) is 9.03 Å². The van der Waals surface area contributed by atoms with Crippen LogP contribution >= 0.6 is 11.8 Å². The van der Waals surface area contributed by atoms with E-state index in [-0.39, 0.29) is 0 Å². The summed E-state index contributed by atoms with van der Waals surface area (Å²) in [5.41, 5.74) is 1.18. The van der Waals surface area contributed by atoms with Crippen LogP contribution in [0, 0.1) is 0 Å². The summed E-state index contributed by atoms with van der Waals surface area (Å²) < 4.78 is 26.9. The molecule has 0 heterocycles. The molecule has 1 aromatic rings. The molecular weight excluding hydrogens is 282 g/mol. The standard InChI is InChI=1S/C12H19N3O2S2/c1-15(2)19(16,17)14-12(18-3)13-10-9-11-7-5-4-6-8-11/h4-8H,9-10H2,1-3H3,(H,13,14). The van der Waals surface area contributed by atoms with E-state index in [4.69, 9.17) is 0 Å². The molecule has 0 aliphatic heterocycles. The number of aliphatic imine (C=N–C) groups is 1. The van der Waals surface area contributed by atoms with E-state index in [9.17, 15) is 8.42 Å². The van der Waals surface area contributed by atoms with Gasteiger partial charge in [-0.15, -0.1) is 0 Å². The molecule has 0 saturated carbocycles. The van der Waals surface area contributed by atoms with Gasteiger partial charge in [0.05, 0.1) is 0 Å². The first-order valence-corrected chi connectivity index (χ1v) is 8.45. The molecule has 0 fully saturated rings. The van der Waals surface area contributed by atoms with Crippen LogP contribution < -0.4 is 4.72 Å². The predicted octanol–water partition coefficient (Wildman–Crippen LogP) is 1.34. The molecule has 19 heavy (non-hydrogen) atoms. The van der Waals surface area contributed by atoms with Crippen molar-refractivity contribution in [1.29, 1.82) is 0 Å². The largest absolute Gasteiger partial charge is 0.302 e. The number of hydrogen-bond acceptors (Lipinski definition) is 4. The van der Waals surface area contributed by atoms with Crippen LogP contribution in [-0.4, -0.2) is 44.8 Å². The molecule has 1 aromatic carbocycles. The minimum Gasteiger partial charge on any atom is -0.262 e. The average molecular weight is 301 g/mol. The van der Waals surface area contributed by atoms with Crippen molar-refractivity contribution in [2.75, 3.05) is 26.9 Å². The smallest absolute Gasteiger partial charge is 0.262 e. The lowest BCUT2D eigenvalue weighted by Gasteiger charge is -2.13. The predicted molar refractivity (Wildman–Crippen MR) is 81.7 cm³/mol.